The largest absolute Gasteiger partial charge is 0.480 e. The van der Waals surface area contributed by atoms with Gasteiger partial charge in [0.15, 0.2) is 11.4 Å². The maximum atomic E-state index is 10.5. The molecule has 0 aromatic carbocycles. The van der Waals surface area contributed by atoms with E-state index in [9.17, 15) is 4.79 Å². The van der Waals surface area contributed by atoms with Crippen molar-refractivity contribution in [2.45, 2.75) is 12.6 Å². The number of carbonyl (C=O) groups is 1. The van der Waals surface area contributed by atoms with Crippen molar-refractivity contribution in [1.82, 2.24) is 9.55 Å². The first-order chi connectivity index (χ1) is 7.10. The standard InChI is InChI=1S/C8H7N5O2/c9-1-6-7(2-10)13(4-12-6)3-5(11)8(14)15/h4-5H,3,11H2,(H,14,15). The van der Waals surface area contributed by atoms with Crippen LogP contribution in [0.5, 0.6) is 0 Å². The second-order valence-corrected chi connectivity index (χ2v) is 2.76. The summed E-state index contributed by atoms with van der Waals surface area (Å²) in [6.45, 7) is -0.0904. The van der Waals surface area contributed by atoms with Gasteiger partial charge in [-0.15, -0.1) is 0 Å². The van der Waals surface area contributed by atoms with Crippen LogP contribution in [0.1, 0.15) is 11.4 Å². The molecule has 0 fully saturated rings. The van der Waals surface area contributed by atoms with Crippen LogP contribution in [0.25, 0.3) is 0 Å². The zero-order valence-electron chi connectivity index (χ0n) is 7.58. The smallest absolute Gasteiger partial charge is 0.322 e. The van der Waals surface area contributed by atoms with Crippen molar-refractivity contribution in [2.75, 3.05) is 0 Å². The maximum absolute atomic E-state index is 10.5. The molecule has 1 atom stereocenters. The second-order valence-electron chi connectivity index (χ2n) is 2.76. The molecule has 1 aromatic rings. The van der Waals surface area contributed by atoms with E-state index in [0.29, 0.717) is 0 Å². The SMILES string of the molecule is N#Cc1ncn(CC(N)C(=O)O)c1C#N. The molecule has 0 aliphatic carbocycles. The molecule has 1 unspecified atom stereocenters. The molecule has 15 heavy (non-hydrogen) atoms. The van der Waals surface area contributed by atoms with Gasteiger partial charge in [-0.2, -0.15) is 10.5 Å². The van der Waals surface area contributed by atoms with Gasteiger partial charge in [-0.05, 0) is 0 Å². The van der Waals surface area contributed by atoms with Crippen LogP contribution in [0.4, 0.5) is 0 Å². The van der Waals surface area contributed by atoms with Gasteiger partial charge in [0.1, 0.15) is 18.2 Å². The molecule has 3 N–H and O–H groups in total. The third-order valence-electron chi connectivity index (χ3n) is 1.76. The number of nitrogens with two attached hydrogens (primary N) is 1. The number of rotatable bonds is 3. The minimum atomic E-state index is -1.17. The monoisotopic (exact) mass is 205 g/mol. The summed E-state index contributed by atoms with van der Waals surface area (Å²) in [7, 11) is 0. The van der Waals surface area contributed by atoms with Crippen LogP contribution >= 0.6 is 0 Å². The molecule has 1 heterocycles. The Morgan fingerprint density at radius 3 is 2.80 bits per heavy atom. The average molecular weight is 205 g/mol. The van der Waals surface area contributed by atoms with Crippen LogP contribution in [0.2, 0.25) is 0 Å². The summed E-state index contributed by atoms with van der Waals surface area (Å²) < 4.78 is 1.25. The number of nitriles is 2. The Labute approximate surface area is 85.0 Å². The van der Waals surface area contributed by atoms with Gasteiger partial charge in [0.05, 0.1) is 12.9 Å². The van der Waals surface area contributed by atoms with Crippen LogP contribution in [0.15, 0.2) is 6.33 Å². The van der Waals surface area contributed by atoms with Gasteiger partial charge in [-0.1, -0.05) is 0 Å². The van der Waals surface area contributed by atoms with Crippen LogP contribution in [0.3, 0.4) is 0 Å². The third kappa shape index (κ3) is 2.10. The number of imidazole rings is 1. The van der Waals surface area contributed by atoms with E-state index in [0.717, 1.165) is 0 Å². The van der Waals surface area contributed by atoms with Crippen LogP contribution < -0.4 is 5.73 Å². The zero-order valence-corrected chi connectivity index (χ0v) is 7.58. The summed E-state index contributed by atoms with van der Waals surface area (Å²) in [4.78, 5) is 14.1. The first-order valence-electron chi connectivity index (χ1n) is 3.94. The fraction of sp³-hybridized carbons (Fsp3) is 0.250. The normalized spacial score (nSPS) is 11.4. The van der Waals surface area contributed by atoms with Crippen molar-refractivity contribution >= 4 is 5.97 Å². The summed E-state index contributed by atoms with van der Waals surface area (Å²) in [5.41, 5.74) is 5.27. The van der Waals surface area contributed by atoms with E-state index in [1.54, 1.807) is 12.1 Å². The Hall–Kier alpha value is -2.38. The number of aliphatic carboxylic acids is 1. The van der Waals surface area contributed by atoms with Gasteiger partial charge >= 0.3 is 5.97 Å². The van der Waals surface area contributed by atoms with Crippen molar-refractivity contribution in [3.8, 4) is 12.1 Å². The molecule has 0 aliphatic heterocycles. The van der Waals surface area contributed by atoms with Crippen molar-refractivity contribution in [2.24, 2.45) is 5.73 Å². The predicted molar refractivity (Wildman–Crippen MR) is 47.3 cm³/mol. The van der Waals surface area contributed by atoms with Crippen LogP contribution in [-0.2, 0) is 11.3 Å². The van der Waals surface area contributed by atoms with Crippen molar-refractivity contribution < 1.29 is 9.90 Å². The molecular weight excluding hydrogens is 198 g/mol. The molecule has 0 aliphatic rings. The Balaban J connectivity index is 2.98. The first-order valence-corrected chi connectivity index (χ1v) is 3.94. The zero-order chi connectivity index (χ0) is 11.4. The second kappa shape index (κ2) is 4.22. The van der Waals surface area contributed by atoms with E-state index >= 15 is 0 Å². The van der Waals surface area contributed by atoms with E-state index < -0.39 is 12.0 Å². The summed E-state index contributed by atoms with van der Waals surface area (Å²) >= 11 is 0. The highest BCUT2D eigenvalue weighted by Crippen LogP contribution is 2.05. The number of nitrogens with zero attached hydrogens (tertiary/aromatic N) is 4. The molecular formula is C8H7N5O2. The van der Waals surface area contributed by atoms with Gasteiger partial charge in [-0.25, -0.2) is 4.98 Å². The third-order valence-corrected chi connectivity index (χ3v) is 1.76. The first kappa shape index (κ1) is 10.7. The average Bonchev–Trinajstić information content (AvgIpc) is 2.59. The topological polar surface area (TPSA) is 129 Å². The van der Waals surface area contributed by atoms with E-state index in [1.807, 2.05) is 0 Å². The molecule has 0 saturated carbocycles. The van der Waals surface area contributed by atoms with E-state index in [1.165, 1.54) is 10.9 Å². The molecule has 0 radical (unpaired) electrons. The Morgan fingerprint density at radius 1 is 1.67 bits per heavy atom. The highest BCUT2D eigenvalue weighted by atomic mass is 16.4. The number of hydrogen-bond donors (Lipinski definition) is 2. The fourth-order valence-electron chi connectivity index (χ4n) is 1.01. The van der Waals surface area contributed by atoms with Crippen molar-refractivity contribution in [3.05, 3.63) is 17.7 Å². The lowest BCUT2D eigenvalue weighted by Crippen LogP contribution is -2.34. The highest BCUT2D eigenvalue weighted by Gasteiger charge is 2.16. The number of carboxylic acids is 1. The molecule has 7 nitrogen and oxygen atoms in total. The highest BCUT2D eigenvalue weighted by molar-refractivity contribution is 5.73. The molecule has 0 spiro atoms. The summed E-state index contributed by atoms with van der Waals surface area (Å²) in [5, 5.41) is 25.9. The minimum Gasteiger partial charge on any atom is -0.480 e. The van der Waals surface area contributed by atoms with Gasteiger partial charge in [0.2, 0.25) is 0 Å². The molecule has 0 saturated heterocycles. The van der Waals surface area contributed by atoms with Crippen LogP contribution in [0, 0.1) is 22.7 Å². The summed E-state index contributed by atoms with van der Waals surface area (Å²) in [6.07, 6.45) is 1.22. The van der Waals surface area contributed by atoms with E-state index in [-0.39, 0.29) is 17.9 Å². The lowest BCUT2D eigenvalue weighted by atomic mass is 10.3. The van der Waals surface area contributed by atoms with Gasteiger partial charge in [-0.3, -0.25) is 4.79 Å². The minimum absolute atomic E-state index is 0.0224. The maximum Gasteiger partial charge on any atom is 0.322 e. The van der Waals surface area contributed by atoms with E-state index in [4.69, 9.17) is 21.4 Å². The molecule has 76 valence electrons. The Bertz CT molecular complexity index is 464. The molecule has 0 bridgehead atoms. The summed E-state index contributed by atoms with van der Waals surface area (Å²) in [6, 6.07) is 2.37. The number of aromatic nitrogens is 2. The molecule has 1 rings (SSSR count). The quantitative estimate of drug-likeness (QED) is 0.653. The Kier molecular flexibility index (Phi) is 3.01. The van der Waals surface area contributed by atoms with Crippen LogP contribution in [-0.4, -0.2) is 26.7 Å². The molecule has 7 heteroatoms. The fourth-order valence-corrected chi connectivity index (χ4v) is 1.01. The van der Waals surface area contributed by atoms with Gasteiger partial charge in [0, 0.05) is 0 Å². The van der Waals surface area contributed by atoms with Crippen molar-refractivity contribution in [3.63, 3.8) is 0 Å². The van der Waals surface area contributed by atoms with Gasteiger partial charge in [0.25, 0.3) is 0 Å². The molecule has 0 amide bonds. The number of carboxylic acid groups (broad SMARTS) is 1. The summed E-state index contributed by atoms with van der Waals surface area (Å²) in [5.74, 6) is -1.17. The van der Waals surface area contributed by atoms with Gasteiger partial charge < -0.3 is 15.4 Å². The lowest BCUT2D eigenvalue weighted by molar-refractivity contribution is -0.138. The van der Waals surface area contributed by atoms with E-state index in [2.05, 4.69) is 4.98 Å². The molecule has 1 aromatic heterocycles. The predicted octanol–water partition coefficient (Wildman–Crippen LogP) is -0.962. The van der Waals surface area contributed by atoms with Crippen molar-refractivity contribution in [1.29, 1.82) is 10.5 Å². The number of hydrogen-bond acceptors (Lipinski definition) is 5. The Morgan fingerprint density at radius 2 is 2.33 bits per heavy atom. The lowest BCUT2D eigenvalue weighted by Gasteiger charge is -2.07.